The number of phenolic OH excluding ortho intramolecular Hbond substituents is 2. The van der Waals surface area contributed by atoms with E-state index in [0.29, 0.717) is 14.5 Å². The molecule has 2 rings (SSSR count). The van der Waals surface area contributed by atoms with Crippen molar-refractivity contribution in [3.8, 4) is 17.2 Å². The Morgan fingerprint density at radius 1 is 1.00 bits per heavy atom. The molecule has 2 N–H and O–H groups in total. The third-order valence-corrected chi connectivity index (χ3v) is 5.70. The van der Waals surface area contributed by atoms with Crippen LogP contribution in [0.4, 0.5) is 0 Å². The SMILES string of the molecule is COc1cc(/C=C/C(=O)CC(=O)/C=C/c2ccc(O)cc2)c(Br)c(Br)c1O. The van der Waals surface area contributed by atoms with Crippen molar-refractivity contribution in [2.75, 3.05) is 7.11 Å². The van der Waals surface area contributed by atoms with Crippen molar-refractivity contribution in [1.82, 2.24) is 0 Å². The first kappa shape index (κ1) is 20.9. The van der Waals surface area contributed by atoms with Gasteiger partial charge in [-0.25, -0.2) is 0 Å². The number of methoxy groups -OCH3 is 1. The minimum Gasteiger partial charge on any atom is -0.508 e. The first-order valence-corrected chi connectivity index (χ1v) is 9.36. The molecule has 0 aromatic heterocycles. The summed E-state index contributed by atoms with van der Waals surface area (Å²) in [5.41, 5.74) is 1.35. The molecule has 0 saturated carbocycles. The normalized spacial score (nSPS) is 11.2. The van der Waals surface area contributed by atoms with Crippen LogP contribution in [0.3, 0.4) is 0 Å². The van der Waals surface area contributed by atoms with Crippen LogP contribution in [-0.4, -0.2) is 28.9 Å². The van der Waals surface area contributed by atoms with E-state index in [1.165, 1.54) is 37.5 Å². The average Bonchev–Trinajstić information content (AvgIpc) is 2.65. The van der Waals surface area contributed by atoms with Crippen LogP contribution >= 0.6 is 31.9 Å². The van der Waals surface area contributed by atoms with Crippen molar-refractivity contribution in [2.45, 2.75) is 6.42 Å². The number of carbonyl (C=O) groups is 2. The highest BCUT2D eigenvalue weighted by Gasteiger charge is 2.13. The summed E-state index contributed by atoms with van der Waals surface area (Å²) in [6.45, 7) is 0. The third kappa shape index (κ3) is 5.80. The van der Waals surface area contributed by atoms with Gasteiger partial charge in [0, 0.05) is 4.47 Å². The highest BCUT2D eigenvalue weighted by atomic mass is 79.9. The largest absolute Gasteiger partial charge is 0.508 e. The molecule has 0 atom stereocenters. The average molecular weight is 496 g/mol. The van der Waals surface area contributed by atoms with Gasteiger partial charge in [-0.3, -0.25) is 9.59 Å². The first-order chi connectivity index (χ1) is 12.8. The number of hydrogen-bond donors (Lipinski definition) is 2. The zero-order valence-electron chi connectivity index (χ0n) is 14.3. The predicted molar refractivity (Wildman–Crippen MR) is 111 cm³/mol. The van der Waals surface area contributed by atoms with E-state index in [-0.39, 0.29) is 35.2 Å². The number of benzene rings is 2. The number of hydrogen-bond acceptors (Lipinski definition) is 5. The monoisotopic (exact) mass is 494 g/mol. The smallest absolute Gasteiger partial charge is 0.173 e. The lowest BCUT2D eigenvalue weighted by Gasteiger charge is -2.09. The molecule has 27 heavy (non-hydrogen) atoms. The number of allylic oxidation sites excluding steroid dienone is 2. The van der Waals surface area contributed by atoms with Crippen molar-refractivity contribution in [3.63, 3.8) is 0 Å². The number of aromatic hydroxyl groups is 2. The Morgan fingerprint density at radius 3 is 2.19 bits per heavy atom. The first-order valence-electron chi connectivity index (χ1n) is 7.77. The molecule has 5 nitrogen and oxygen atoms in total. The molecule has 0 saturated heterocycles. The van der Waals surface area contributed by atoms with E-state index in [0.717, 1.165) is 5.56 Å². The van der Waals surface area contributed by atoms with Gasteiger partial charge in [-0.15, -0.1) is 0 Å². The molecule has 0 heterocycles. The Bertz CT molecular complexity index is 915. The lowest BCUT2D eigenvalue weighted by Crippen LogP contribution is -2.02. The molecule has 0 amide bonds. The molecule has 0 radical (unpaired) electrons. The summed E-state index contributed by atoms with van der Waals surface area (Å²) in [5, 5.41) is 19.1. The Labute approximate surface area is 173 Å². The molecule has 0 aliphatic rings. The fraction of sp³-hybridized carbons (Fsp3) is 0.100. The van der Waals surface area contributed by atoms with Crippen LogP contribution in [0.25, 0.3) is 12.2 Å². The molecule has 0 unspecified atom stereocenters. The van der Waals surface area contributed by atoms with E-state index in [9.17, 15) is 19.8 Å². The lowest BCUT2D eigenvalue weighted by atomic mass is 10.1. The van der Waals surface area contributed by atoms with E-state index in [4.69, 9.17) is 4.74 Å². The van der Waals surface area contributed by atoms with E-state index in [2.05, 4.69) is 31.9 Å². The molecular weight excluding hydrogens is 480 g/mol. The van der Waals surface area contributed by atoms with Gasteiger partial charge >= 0.3 is 0 Å². The molecule has 0 spiro atoms. The van der Waals surface area contributed by atoms with Gasteiger partial charge < -0.3 is 14.9 Å². The summed E-state index contributed by atoms with van der Waals surface area (Å²) in [5.74, 6) is -0.346. The maximum absolute atomic E-state index is 12.0. The Balaban J connectivity index is 2.03. The van der Waals surface area contributed by atoms with Gasteiger partial charge in [0.05, 0.1) is 18.0 Å². The number of carbonyl (C=O) groups excluding carboxylic acids is 2. The standard InChI is InChI=1S/C20H16Br2O5/c1-27-17-10-13(18(21)19(22)20(17)26)5-9-16(25)11-15(24)8-4-12-2-6-14(23)7-3-12/h2-10,23,26H,11H2,1H3/b8-4+,9-5+. The van der Waals surface area contributed by atoms with E-state index in [1.54, 1.807) is 24.3 Å². The van der Waals surface area contributed by atoms with Crippen LogP contribution < -0.4 is 4.74 Å². The summed E-state index contributed by atoms with van der Waals surface area (Å²) in [7, 11) is 1.42. The molecule has 7 heteroatoms. The Kier molecular flexibility index (Phi) is 7.38. The predicted octanol–water partition coefficient (Wildman–Crippen LogP) is 4.89. The van der Waals surface area contributed by atoms with Crippen LogP contribution in [0.15, 0.2) is 51.4 Å². The molecule has 140 valence electrons. The van der Waals surface area contributed by atoms with Crippen molar-refractivity contribution < 1.29 is 24.5 Å². The lowest BCUT2D eigenvalue weighted by molar-refractivity contribution is -0.121. The number of ketones is 2. The van der Waals surface area contributed by atoms with Gasteiger partial charge in [0.2, 0.25) is 0 Å². The number of rotatable bonds is 7. The van der Waals surface area contributed by atoms with Crippen LogP contribution in [0.5, 0.6) is 17.2 Å². The van der Waals surface area contributed by atoms with Gasteiger partial charge in [0.1, 0.15) is 5.75 Å². The van der Waals surface area contributed by atoms with E-state index >= 15 is 0 Å². The fourth-order valence-electron chi connectivity index (χ4n) is 2.14. The second kappa shape index (κ2) is 9.53. The second-order valence-electron chi connectivity index (χ2n) is 5.51. The zero-order chi connectivity index (χ0) is 20.0. The summed E-state index contributed by atoms with van der Waals surface area (Å²) in [4.78, 5) is 23.9. The van der Waals surface area contributed by atoms with Crippen molar-refractivity contribution in [1.29, 1.82) is 0 Å². The fourth-order valence-corrected chi connectivity index (χ4v) is 2.99. The molecule has 0 aliphatic carbocycles. The number of halogens is 2. The highest BCUT2D eigenvalue weighted by Crippen LogP contribution is 2.42. The van der Waals surface area contributed by atoms with Crippen LogP contribution in [0.2, 0.25) is 0 Å². The van der Waals surface area contributed by atoms with Crippen LogP contribution in [-0.2, 0) is 9.59 Å². The second-order valence-corrected chi connectivity index (χ2v) is 7.10. The number of ether oxygens (including phenoxy) is 1. The van der Waals surface area contributed by atoms with E-state index < -0.39 is 0 Å². The summed E-state index contributed by atoms with van der Waals surface area (Å²) >= 11 is 6.57. The third-order valence-electron chi connectivity index (χ3n) is 3.55. The van der Waals surface area contributed by atoms with Gasteiger partial charge in [-0.1, -0.05) is 24.3 Å². The summed E-state index contributed by atoms with van der Waals surface area (Å²) < 4.78 is 6.04. The molecule has 0 bridgehead atoms. The van der Waals surface area contributed by atoms with Gasteiger partial charge in [0.25, 0.3) is 0 Å². The van der Waals surface area contributed by atoms with Crippen LogP contribution in [0, 0.1) is 0 Å². The summed E-state index contributed by atoms with van der Waals surface area (Å²) in [6, 6.07) is 7.92. The summed E-state index contributed by atoms with van der Waals surface area (Å²) in [6.07, 6.45) is 5.48. The highest BCUT2D eigenvalue weighted by molar-refractivity contribution is 9.13. The molecule has 2 aromatic carbocycles. The molecule has 0 fully saturated rings. The minimum absolute atomic E-state index is 0.0533. The quantitative estimate of drug-likeness (QED) is 0.422. The van der Waals surface area contributed by atoms with Crippen molar-refractivity contribution >= 4 is 55.6 Å². The van der Waals surface area contributed by atoms with E-state index in [1.807, 2.05) is 0 Å². The Morgan fingerprint density at radius 2 is 1.59 bits per heavy atom. The van der Waals surface area contributed by atoms with Crippen molar-refractivity contribution in [3.05, 3.63) is 62.6 Å². The van der Waals surface area contributed by atoms with Crippen LogP contribution in [0.1, 0.15) is 17.5 Å². The molecule has 2 aromatic rings. The molecular formula is C20H16Br2O5. The van der Waals surface area contributed by atoms with Gasteiger partial charge in [-0.05, 0) is 73.3 Å². The maximum Gasteiger partial charge on any atom is 0.173 e. The minimum atomic E-state index is -0.356. The number of phenols is 2. The maximum atomic E-state index is 12.0. The Hall–Kier alpha value is -2.38. The topological polar surface area (TPSA) is 83.8 Å². The van der Waals surface area contributed by atoms with Gasteiger partial charge in [0.15, 0.2) is 23.1 Å². The zero-order valence-corrected chi connectivity index (χ0v) is 17.5. The molecule has 0 aliphatic heterocycles. The van der Waals surface area contributed by atoms with Crippen molar-refractivity contribution in [2.24, 2.45) is 0 Å². The van der Waals surface area contributed by atoms with Gasteiger partial charge in [-0.2, -0.15) is 0 Å².